The molecule has 2 aromatic rings. The van der Waals surface area contributed by atoms with Gasteiger partial charge in [-0.1, -0.05) is 6.07 Å². The highest BCUT2D eigenvalue weighted by Gasteiger charge is 2.08. The van der Waals surface area contributed by atoms with Gasteiger partial charge in [0.2, 0.25) is 0 Å². The molecule has 15 heavy (non-hydrogen) atoms. The summed E-state index contributed by atoms with van der Waals surface area (Å²) in [5, 5.41) is 9.60. The standard InChI is InChI=1S/C10H14N4S/c1-7-9(11)10(14(2)13-7)12-6-8-4-3-5-15-8/h3-5,12H,6,11H2,1-2H3. The fourth-order valence-corrected chi connectivity index (χ4v) is 2.11. The van der Waals surface area contributed by atoms with Crippen molar-refractivity contribution in [1.82, 2.24) is 9.78 Å². The summed E-state index contributed by atoms with van der Waals surface area (Å²) in [7, 11) is 1.89. The Morgan fingerprint density at radius 2 is 2.40 bits per heavy atom. The number of anilines is 2. The largest absolute Gasteiger partial charge is 0.394 e. The van der Waals surface area contributed by atoms with Crippen LogP contribution in [0.1, 0.15) is 10.6 Å². The number of nitrogens with two attached hydrogens (primary N) is 1. The van der Waals surface area contributed by atoms with Gasteiger partial charge in [-0.25, -0.2) is 0 Å². The quantitative estimate of drug-likeness (QED) is 0.835. The second kappa shape index (κ2) is 3.94. The van der Waals surface area contributed by atoms with Crippen LogP contribution in [0.5, 0.6) is 0 Å². The van der Waals surface area contributed by atoms with Gasteiger partial charge in [0.05, 0.1) is 17.9 Å². The van der Waals surface area contributed by atoms with Gasteiger partial charge in [-0.15, -0.1) is 11.3 Å². The third-order valence-corrected chi connectivity index (χ3v) is 3.16. The maximum atomic E-state index is 5.90. The lowest BCUT2D eigenvalue weighted by atomic mass is 10.4. The van der Waals surface area contributed by atoms with E-state index in [1.54, 1.807) is 16.0 Å². The van der Waals surface area contributed by atoms with Crippen LogP contribution >= 0.6 is 11.3 Å². The van der Waals surface area contributed by atoms with Gasteiger partial charge in [-0.05, 0) is 18.4 Å². The maximum absolute atomic E-state index is 5.90. The van der Waals surface area contributed by atoms with E-state index in [9.17, 15) is 0 Å². The molecule has 2 heterocycles. The van der Waals surface area contributed by atoms with Crippen LogP contribution in [0.3, 0.4) is 0 Å². The minimum Gasteiger partial charge on any atom is -0.394 e. The molecule has 0 unspecified atom stereocenters. The summed E-state index contributed by atoms with van der Waals surface area (Å²) in [6, 6.07) is 4.14. The number of aryl methyl sites for hydroxylation is 2. The maximum Gasteiger partial charge on any atom is 0.148 e. The Kier molecular flexibility index (Phi) is 2.64. The zero-order valence-corrected chi connectivity index (χ0v) is 9.64. The number of thiophene rings is 1. The smallest absolute Gasteiger partial charge is 0.148 e. The van der Waals surface area contributed by atoms with Crippen LogP contribution in [0.2, 0.25) is 0 Å². The molecule has 5 heteroatoms. The van der Waals surface area contributed by atoms with Crippen LogP contribution in [0.4, 0.5) is 11.5 Å². The topological polar surface area (TPSA) is 55.9 Å². The lowest BCUT2D eigenvalue weighted by Gasteiger charge is -2.05. The molecule has 0 bridgehead atoms. The molecule has 0 aromatic carbocycles. The van der Waals surface area contributed by atoms with Gasteiger partial charge in [0, 0.05) is 11.9 Å². The SMILES string of the molecule is Cc1nn(C)c(NCc2cccs2)c1N. The monoisotopic (exact) mass is 222 g/mol. The van der Waals surface area contributed by atoms with Crippen molar-refractivity contribution in [2.24, 2.45) is 7.05 Å². The summed E-state index contributed by atoms with van der Waals surface area (Å²) in [5.74, 6) is 0.890. The predicted octanol–water partition coefficient (Wildman–Crippen LogP) is 1.98. The lowest BCUT2D eigenvalue weighted by molar-refractivity contribution is 0.758. The summed E-state index contributed by atoms with van der Waals surface area (Å²) in [4.78, 5) is 1.29. The van der Waals surface area contributed by atoms with E-state index < -0.39 is 0 Å². The molecule has 0 aliphatic carbocycles. The molecule has 0 atom stereocenters. The zero-order chi connectivity index (χ0) is 10.8. The minimum atomic E-state index is 0.731. The highest BCUT2D eigenvalue weighted by atomic mass is 32.1. The van der Waals surface area contributed by atoms with Crippen molar-refractivity contribution < 1.29 is 0 Å². The Bertz CT molecular complexity index is 444. The first-order valence-corrected chi connectivity index (χ1v) is 5.62. The van der Waals surface area contributed by atoms with Gasteiger partial charge < -0.3 is 11.1 Å². The van der Waals surface area contributed by atoms with Crippen molar-refractivity contribution in [2.75, 3.05) is 11.1 Å². The molecule has 0 fully saturated rings. The number of hydrogen-bond donors (Lipinski definition) is 2. The Hall–Kier alpha value is -1.49. The van der Waals surface area contributed by atoms with Gasteiger partial charge in [-0.2, -0.15) is 5.10 Å². The molecule has 3 N–H and O–H groups in total. The van der Waals surface area contributed by atoms with Crippen LogP contribution in [-0.2, 0) is 13.6 Å². The van der Waals surface area contributed by atoms with Crippen molar-refractivity contribution >= 4 is 22.8 Å². The normalized spacial score (nSPS) is 10.5. The number of nitrogens with zero attached hydrogens (tertiary/aromatic N) is 2. The van der Waals surface area contributed by atoms with Crippen LogP contribution in [0.15, 0.2) is 17.5 Å². The third-order valence-electron chi connectivity index (χ3n) is 2.28. The first-order chi connectivity index (χ1) is 7.18. The fraction of sp³-hybridized carbons (Fsp3) is 0.300. The summed E-state index contributed by atoms with van der Waals surface area (Å²) in [5.41, 5.74) is 7.50. The first kappa shape index (κ1) is 10.0. The van der Waals surface area contributed by atoms with Gasteiger partial charge in [0.25, 0.3) is 0 Å². The third kappa shape index (κ3) is 1.97. The van der Waals surface area contributed by atoms with E-state index in [2.05, 4.69) is 21.9 Å². The molecule has 0 aliphatic rings. The van der Waals surface area contributed by atoms with E-state index in [-0.39, 0.29) is 0 Å². The molecule has 0 amide bonds. The Morgan fingerprint density at radius 3 is 2.93 bits per heavy atom. The molecule has 2 aromatic heterocycles. The molecule has 80 valence electrons. The fourth-order valence-electron chi connectivity index (χ4n) is 1.47. The van der Waals surface area contributed by atoms with Gasteiger partial charge in [-0.3, -0.25) is 4.68 Å². The van der Waals surface area contributed by atoms with Gasteiger partial charge in [0.1, 0.15) is 5.82 Å². The molecular formula is C10H14N4S. The van der Waals surface area contributed by atoms with Gasteiger partial charge >= 0.3 is 0 Å². The second-order valence-electron chi connectivity index (χ2n) is 3.40. The van der Waals surface area contributed by atoms with E-state index in [1.807, 2.05) is 20.0 Å². The second-order valence-corrected chi connectivity index (χ2v) is 4.44. The summed E-state index contributed by atoms with van der Waals surface area (Å²) < 4.78 is 1.78. The molecular weight excluding hydrogens is 208 g/mol. The Balaban J connectivity index is 2.11. The molecule has 0 saturated carbocycles. The number of nitrogen functional groups attached to an aromatic ring is 1. The molecule has 2 rings (SSSR count). The van der Waals surface area contributed by atoms with Crippen molar-refractivity contribution in [1.29, 1.82) is 0 Å². The highest BCUT2D eigenvalue weighted by molar-refractivity contribution is 7.09. The van der Waals surface area contributed by atoms with E-state index in [0.29, 0.717) is 0 Å². The average molecular weight is 222 g/mol. The highest BCUT2D eigenvalue weighted by Crippen LogP contribution is 2.22. The van der Waals surface area contributed by atoms with Crippen LogP contribution < -0.4 is 11.1 Å². The van der Waals surface area contributed by atoms with Crippen LogP contribution in [0.25, 0.3) is 0 Å². The molecule has 0 saturated heterocycles. The molecule has 0 spiro atoms. The van der Waals surface area contributed by atoms with Crippen molar-refractivity contribution in [3.63, 3.8) is 0 Å². The molecule has 0 aliphatic heterocycles. The van der Waals surface area contributed by atoms with E-state index >= 15 is 0 Å². The van der Waals surface area contributed by atoms with E-state index in [4.69, 9.17) is 5.73 Å². The van der Waals surface area contributed by atoms with Crippen molar-refractivity contribution in [3.8, 4) is 0 Å². The predicted molar refractivity (Wildman–Crippen MR) is 64.0 cm³/mol. The lowest BCUT2D eigenvalue weighted by Crippen LogP contribution is -2.05. The Labute approximate surface area is 92.7 Å². The van der Waals surface area contributed by atoms with E-state index in [1.165, 1.54) is 4.88 Å². The summed E-state index contributed by atoms with van der Waals surface area (Å²) >= 11 is 1.73. The van der Waals surface area contributed by atoms with Crippen molar-refractivity contribution in [3.05, 3.63) is 28.1 Å². The first-order valence-electron chi connectivity index (χ1n) is 4.74. The molecule has 0 radical (unpaired) electrons. The number of aromatic nitrogens is 2. The average Bonchev–Trinajstić information content (AvgIpc) is 2.76. The number of rotatable bonds is 3. The van der Waals surface area contributed by atoms with Crippen LogP contribution in [0, 0.1) is 6.92 Å². The number of nitrogens with one attached hydrogen (secondary N) is 1. The summed E-state index contributed by atoms with van der Waals surface area (Å²) in [6.45, 7) is 2.70. The minimum absolute atomic E-state index is 0.731. The van der Waals surface area contributed by atoms with E-state index in [0.717, 1.165) is 23.7 Å². The van der Waals surface area contributed by atoms with Crippen molar-refractivity contribution in [2.45, 2.75) is 13.5 Å². The van der Waals surface area contributed by atoms with Gasteiger partial charge in [0.15, 0.2) is 0 Å². The summed E-state index contributed by atoms with van der Waals surface area (Å²) in [6.07, 6.45) is 0. The molecule has 4 nitrogen and oxygen atoms in total. The van der Waals surface area contributed by atoms with Crippen LogP contribution in [-0.4, -0.2) is 9.78 Å². The number of hydrogen-bond acceptors (Lipinski definition) is 4. The Morgan fingerprint density at radius 1 is 1.60 bits per heavy atom. The zero-order valence-electron chi connectivity index (χ0n) is 8.82.